The molecule has 2 unspecified atom stereocenters. The van der Waals surface area contributed by atoms with Crippen molar-refractivity contribution in [2.24, 2.45) is 0 Å². The summed E-state index contributed by atoms with van der Waals surface area (Å²) in [7, 11) is 0. The third-order valence-electron chi connectivity index (χ3n) is 2.88. The summed E-state index contributed by atoms with van der Waals surface area (Å²) in [6.07, 6.45) is -3.27. The summed E-state index contributed by atoms with van der Waals surface area (Å²) < 4.78 is 37.1. The predicted molar refractivity (Wildman–Crippen MR) is 62.7 cm³/mol. The van der Waals surface area contributed by atoms with Crippen molar-refractivity contribution in [1.29, 1.82) is 0 Å². The maximum atomic E-state index is 12.4. The van der Waals surface area contributed by atoms with Gasteiger partial charge in [0.05, 0.1) is 5.56 Å². The van der Waals surface area contributed by atoms with Crippen LogP contribution in [0.25, 0.3) is 0 Å². The van der Waals surface area contributed by atoms with Crippen LogP contribution < -0.4 is 5.32 Å². The molecule has 1 aromatic rings. The molecular formula is C13H18F3N. The Morgan fingerprint density at radius 1 is 1.12 bits per heavy atom. The molecule has 96 valence electrons. The van der Waals surface area contributed by atoms with Crippen molar-refractivity contribution in [2.45, 2.75) is 45.5 Å². The molecule has 0 spiro atoms. The molecule has 0 aliphatic rings. The lowest BCUT2D eigenvalue weighted by Gasteiger charge is -2.19. The average Bonchev–Trinajstić information content (AvgIpc) is 2.27. The summed E-state index contributed by atoms with van der Waals surface area (Å²) in [6, 6.07) is 5.74. The molecule has 4 heteroatoms. The van der Waals surface area contributed by atoms with Crippen LogP contribution in [0.4, 0.5) is 13.2 Å². The number of alkyl halides is 3. The van der Waals surface area contributed by atoms with Crippen molar-refractivity contribution >= 4 is 0 Å². The zero-order chi connectivity index (χ0) is 13.1. The van der Waals surface area contributed by atoms with E-state index in [1.165, 1.54) is 12.1 Å². The van der Waals surface area contributed by atoms with Gasteiger partial charge in [-0.05, 0) is 38.0 Å². The fourth-order valence-electron chi connectivity index (χ4n) is 1.60. The van der Waals surface area contributed by atoms with Crippen molar-refractivity contribution in [3.05, 3.63) is 35.4 Å². The van der Waals surface area contributed by atoms with Crippen LogP contribution in [0.3, 0.4) is 0 Å². The molecule has 0 bridgehead atoms. The minimum absolute atomic E-state index is 0.0623. The Balaban J connectivity index is 2.74. The molecule has 0 radical (unpaired) electrons. The largest absolute Gasteiger partial charge is 0.416 e. The van der Waals surface area contributed by atoms with Gasteiger partial charge in [0, 0.05) is 12.1 Å². The molecule has 1 nitrogen and oxygen atoms in total. The van der Waals surface area contributed by atoms with Gasteiger partial charge >= 0.3 is 6.18 Å². The van der Waals surface area contributed by atoms with E-state index in [0.717, 1.165) is 24.1 Å². The minimum Gasteiger partial charge on any atom is -0.308 e. The number of hydrogen-bond acceptors (Lipinski definition) is 1. The Bertz CT molecular complexity index is 343. The van der Waals surface area contributed by atoms with Crippen LogP contribution in [-0.2, 0) is 6.18 Å². The smallest absolute Gasteiger partial charge is 0.308 e. The fourth-order valence-corrected chi connectivity index (χ4v) is 1.60. The highest BCUT2D eigenvalue weighted by molar-refractivity contribution is 5.26. The van der Waals surface area contributed by atoms with Gasteiger partial charge in [0.1, 0.15) is 0 Å². The Labute approximate surface area is 100 Å². The minimum atomic E-state index is -4.26. The second kappa shape index (κ2) is 5.54. The molecule has 0 amide bonds. The van der Waals surface area contributed by atoms with Crippen LogP contribution >= 0.6 is 0 Å². The number of hydrogen-bond donors (Lipinski definition) is 1. The zero-order valence-corrected chi connectivity index (χ0v) is 10.3. The first-order chi connectivity index (χ1) is 7.84. The maximum absolute atomic E-state index is 12.4. The van der Waals surface area contributed by atoms with Crippen molar-refractivity contribution in [1.82, 2.24) is 5.32 Å². The van der Waals surface area contributed by atoms with E-state index in [-0.39, 0.29) is 6.04 Å². The highest BCUT2D eigenvalue weighted by atomic mass is 19.4. The van der Waals surface area contributed by atoms with Crippen LogP contribution in [0.1, 0.15) is 44.4 Å². The molecule has 0 aromatic heterocycles. The molecular weight excluding hydrogens is 227 g/mol. The molecule has 1 rings (SSSR count). The second-order valence-corrected chi connectivity index (χ2v) is 4.32. The molecule has 0 saturated carbocycles. The average molecular weight is 245 g/mol. The van der Waals surface area contributed by atoms with Gasteiger partial charge in [0.15, 0.2) is 0 Å². The van der Waals surface area contributed by atoms with Gasteiger partial charge in [-0.3, -0.25) is 0 Å². The standard InChI is InChI=1S/C13H18F3N/c1-4-9(2)17-10(3)11-5-7-12(8-6-11)13(14,15)16/h5-10,17H,4H2,1-3H3. The van der Waals surface area contributed by atoms with E-state index in [4.69, 9.17) is 0 Å². The Morgan fingerprint density at radius 3 is 2.06 bits per heavy atom. The lowest BCUT2D eigenvalue weighted by molar-refractivity contribution is -0.137. The van der Waals surface area contributed by atoms with E-state index in [2.05, 4.69) is 19.2 Å². The Kier molecular flexibility index (Phi) is 4.57. The van der Waals surface area contributed by atoms with Gasteiger partial charge in [-0.15, -0.1) is 0 Å². The summed E-state index contributed by atoms with van der Waals surface area (Å²) in [6.45, 7) is 6.08. The van der Waals surface area contributed by atoms with Gasteiger partial charge in [0.25, 0.3) is 0 Å². The quantitative estimate of drug-likeness (QED) is 0.840. The van der Waals surface area contributed by atoms with Gasteiger partial charge < -0.3 is 5.32 Å². The van der Waals surface area contributed by atoms with E-state index >= 15 is 0 Å². The summed E-state index contributed by atoms with van der Waals surface area (Å²) in [4.78, 5) is 0. The van der Waals surface area contributed by atoms with E-state index < -0.39 is 11.7 Å². The number of nitrogens with one attached hydrogen (secondary N) is 1. The monoisotopic (exact) mass is 245 g/mol. The highest BCUT2D eigenvalue weighted by Crippen LogP contribution is 2.29. The zero-order valence-electron chi connectivity index (χ0n) is 10.3. The molecule has 17 heavy (non-hydrogen) atoms. The van der Waals surface area contributed by atoms with Crippen molar-refractivity contribution in [2.75, 3.05) is 0 Å². The van der Waals surface area contributed by atoms with E-state index in [1.807, 2.05) is 6.92 Å². The van der Waals surface area contributed by atoms with Crippen LogP contribution in [0.2, 0.25) is 0 Å². The van der Waals surface area contributed by atoms with Gasteiger partial charge in [-0.25, -0.2) is 0 Å². The van der Waals surface area contributed by atoms with E-state index in [1.54, 1.807) is 0 Å². The predicted octanol–water partition coefficient (Wildman–Crippen LogP) is 4.15. The second-order valence-electron chi connectivity index (χ2n) is 4.32. The first kappa shape index (κ1) is 14.0. The van der Waals surface area contributed by atoms with Crippen LogP contribution in [0.15, 0.2) is 24.3 Å². The SMILES string of the molecule is CCC(C)NC(C)c1ccc(C(F)(F)F)cc1. The number of benzene rings is 1. The number of rotatable bonds is 4. The van der Waals surface area contributed by atoms with Crippen LogP contribution in [-0.4, -0.2) is 6.04 Å². The topological polar surface area (TPSA) is 12.0 Å². The van der Waals surface area contributed by atoms with E-state index in [9.17, 15) is 13.2 Å². The van der Waals surface area contributed by atoms with Crippen molar-refractivity contribution < 1.29 is 13.2 Å². The molecule has 0 heterocycles. The maximum Gasteiger partial charge on any atom is 0.416 e. The highest BCUT2D eigenvalue weighted by Gasteiger charge is 2.30. The lowest BCUT2D eigenvalue weighted by Crippen LogP contribution is -2.28. The summed E-state index contributed by atoms with van der Waals surface area (Å²) >= 11 is 0. The molecule has 1 aromatic carbocycles. The third-order valence-corrected chi connectivity index (χ3v) is 2.88. The molecule has 0 fully saturated rings. The van der Waals surface area contributed by atoms with Crippen molar-refractivity contribution in [3.8, 4) is 0 Å². The summed E-state index contributed by atoms with van der Waals surface area (Å²) in [5, 5.41) is 3.32. The van der Waals surface area contributed by atoms with Gasteiger partial charge in [-0.2, -0.15) is 13.2 Å². The van der Waals surface area contributed by atoms with Crippen LogP contribution in [0.5, 0.6) is 0 Å². The first-order valence-corrected chi connectivity index (χ1v) is 5.77. The van der Waals surface area contributed by atoms with Crippen LogP contribution in [0, 0.1) is 0 Å². The lowest BCUT2D eigenvalue weighted by atomic mass is 10.0. The first-order valence-electron chi connectivity index (χ1n) is 5.77. The Hall–Kier alpha value is -1.03. The third kappa shape index (κ3) is 4.04. The Morgan fingerprint density at radius 2 is 1.65 bits per heavy atom. The summed E-state index contributed by atoms with van der Waals surface area (Å²) in [5.74, 6) is 0. The van der Waals surface area contributed by atoms with Crippen molar-refractivity contribution in [3.63, 3.8) is 0 Å². The van der Waals surface area contributed by atoms with Gasteiger partial charge in [0.2, 0.25) is 0 Å². The fraction of sp³-hybridized carbons (Fsp3) is 0.538. The summed E-state index contributed by atoms with van der Waals surface area (Å²) in [5.41, 5.74) is 0.273. The molecule has 0 aliphatic carbocycles. The normalized spacial score (nSPS) is 15.6. The van der Waals surface area contributed by atoms with E-state index in [0.29, 0.717) is 6.04 Å². The molecule has 0 aliphatic heterocycles. The molecule has 2 atom stereocenters. The number of halogens is 3. The van der Waals surface area contributed by atoms with Gasteiger partial charge in [-0.1, -0.05) is 19.1 Å². The molecule has 0 saturated heterocycles. The molecule has 1 N–H and O–H groups in total.